The molecule has 1 aromatic rings. The van der Waals surface area contributed by atoms with Gasteiger partial charge in [-0.3, -0.25) is 0 Å². The van der Waals surface area contributed by atoms with Crippen LogP contribution in [-0.2, 0) is 0 Å². The smallest absolute Gasteiger partial charge is 0.348 e. The molecule has 1 aromatic heterocycles. The minimum Gasteiger partial charge on any atom is -0.348 e. The van der Waals surface area contributed by atoms with Crippen LogP contribution in [0.5, 0.6) is 0 Å². The second-order valence-corrected chi connectivity index (χ2v) is 1.16. The van der Waals surface area contributed by atoms with Gasteiger partial charge in [0.25, 0.3) is 0 Å². The summed E-state index contributed by atoms with van der Waals surface area (Å²) in [6.07, 6.45) is 2.76. The SMILES string of the molecule is NC(=O)n1nccn1. The van der Waals surface area contributed by atoms with E-state index >= 15 is 0 Å². The van der Waals surface area contributed by atoms with Crippen LogP contribution in [0.2, 0.25) is 0 Å². The lowest BCUT2D eigenvalue weighted by Gasteiger charge is -1.84. The molecule has 1 heterocycles. The molecule has 0 atom stereocenters. The lowest BCUT2D eigenvalue weighted by molar-refractivity contribution is 0.244. The third-order valence-electron chi connectivity index (χ3n) is 0.616. The standard InChI is InChI=1S/C3H4N4O/c4-3(8)7-5-1-2-6-7/h1-2H,(H2,4,8). The van der Waals surface area contributed by atoms with Gasteiger partial charge < -0.3 is 5.73 Å². The van der Waals surface area contributed by atoms with Crippen LogP contribution in [0.25, 0.3) is 0 Å². The molecule has 2 N–H and O–H groups in total. The molecule has 0 radical (unpaired) electrons. The average Bonchev–Trinajstić information content (AvgIpc) is 2.12. The maximum absolute atomic E-state index is 10.1. The molecule has 0 aliphatic carbocycles. The van der Waals surface area contributed by atoms with Crippen LogP contribution in [0, 0.1) is 0 Å². The molecule has 0 aromatic carbocycles. The van der Waals surface area contributed by atoms with Crippen molar-refractivity contribution in [1.29, 1.82) is 0 Å². The van der Waals surface area contributed by atoms with Crippen molar-refractivity contribution in [3.63, 3.8) is 0 Å². The highest BCUT2D eigenvalue weighted by Gasteiger charge is 1.93. The van der Waals surface area contributed by atoms with Crippen molar-refractivity contribution in [3.05, 3.63) is 12.4 Å². The maximum atomic E-state index is 10.1. The van der Waals surface area contributed by atoms with E-state index in [2.05, 4.69) is 10.2 Å². The molecule has 1 rings (SSSR count). The van der Waals surface area contributed by atoms with E-state index in [9.17, 15) is 4.79 Å². The lowest BCUT2D eigenvalue weighted by Crippen LogP contribution is -2.21. The van der Waals surface area contributed by atoms with Gasteiger partial charge >= 0.3 is 6.03 Å². The number of rotatable bonds is 0. The number of primary amides is 1. The van der Waals surface area contributed by atoms with E-state index in [4.69, 9.17) is 5.73 Å². The summed E-state index contributed by atoms with van der Waals surface area (Å²) in [5.41, 5.74) is 4.76. The second-order valence-electron chi connectivity index (χ2n) is 1.16. The topological polar surface area (TPSA) is 73.8 Å². The number of hydrogen-bond acceptors (Lipinski definition) is 3. The van der Waals surface area contributed by atoms with Gasteiger partial charge in [0.2, 0.25) is 0 Å². The van der Waals surface area contributed by atoms with Crippen LogP contribution < -0.4 is 5.73 Å². The van der Waals surface area contributed by atoms with E-state index in [0.717, 1.165) is 4.80 Å². The number of nitrogens with zero attached hydrogens (tertiary/aromatic N) is 3. The number of carbonyl (C=O) groups is 1. The highest BCUT2D eigenvalue weighted by Crippen LogP contribution is 1.71. The molecule has 0 saturated heterocycles. The van der Waals surface area contributed by atoms with Gasteiger partial charge in [-0.05, 0) is 0 Å². The number of nitrogens with two attached hydrogens (primary N) is 1. The number of amides is 1. The molecule has 0 aliphatic rings. The molecule has 42 valence electrons. The highest BCUT2D eigenvalue weighted by molar-refractivity contribution is 5.72. The Morgan fingerprint density at radius 3 is 2.25 bits per heavy atom. The normalized spacial score (nSPS) is 9.00. The zero-order valence-corrected chi connectivity index (χ0v) is 3.98. The molecule has 0 spiro atoms. The zero-order chi connectivity index (χ0) is 5.98. The van der Waals surface area contributed by atoms with E-state index in [-0.39, 0.29) is 0 Å². The first-order valence-electron chi connectivity index (χ1n) is 1.97. The van der Waals surface area contributed by atoms with Gasteiger partial charge in [0.05, 0.1) is 12.4 Å². The van der Waals surface area contributed by atoms with E-state index < -0.39 is 6.03 Å². The number of aromatic nitrogens is 3. The molecule has 0 saturated carbocycles. The fourth-order valence-electron chi connectivity index (χ4n) is 0.330. The Morgan fingerprint density at radius 1 is 1.50 bits per heavy atom. The van der Waals surface area contributed by atoms with Gasteiger partial charge in [0, 0.05) is 0 Å². The first-order chi connectivity index (χ1) is 3.80. The molecule has 0 fully saturated rings. The summed E-state index contributed by atoms with van der Waals surface area (Å²) in [5.74, 6) is 0. The second kappa shape index (κ2) is 1.61. The lowest BCUT2D eigenvalue weighted by atomic mass is 11.0. The summed E-state index contributed by atoms with van der Waals surface area (Å²) in [4.78, 5) is 10.9. The Labute approximate surface area is 45.1 Å². The molecule has 1 amide bonds. The molecular formula is C3H4N4O. The van der Waals surface area contributed by atoms with E-state index in [0.29, 0.717) is 0 Å². The first-order valence-corrected chi connectivity index (χ1v) is 1.97. The Kier molecular flexibility index (Phi) is 0.957. The third-order valence-corrected chi connectivity index (χ3v) is 0.616. The van der Waals surface area contributed by atoms with E-state index in [1.54, 1.807) is 0 Å². The van der Waals surface area contributed by atoms with Crippen LogP contribution in [0.3, 0.4) is 0 Å². The van der Waals surface area contributed by atoms with Crippen molar-refractivity contribution in [2.45, 2.75) is 0 Å². The van der Waals surface area contributed by atoms with Crippen LogP contribution in [0.4, 0.5) is 4.79 Å². The minimum absolute atomic E-state index is 0.671. The van der Waals surface area contributed by atoms with Gasteiger partial charge in [-0.2, -0.15) is 10.2 Å². The average molecular weight is 112 g/mol. The monoisotopic (exact) mass is 112 g/mol. The van der Waals surface area contributed by atoms with Crippen molar-refractivity contribution in [1.82, 2.24) is 15.0 Å². The summed E-state index contributed by atoms with van der Waals surface area (Å²) < 4.78 is 0. The van der Waals surface area contributed by atoms with Crippen molar-refractivity contribution >= 4 is 6.03 Å². The maximum Gasteiger partial charge on any atom is 0.356 e. The van der Waals surface area contributed by atoms with Gasteiger partial charge in [0.15, 0.2) is 0 Å². The molecular weight excluding hydrogens is 108 g/mol. The van der Waals surface area contributed by atoms with Gasteiger partial charge in [-0.25, -0.2) is 4.79 Å². The van der Waals surface area contributed by atoms with Gasteiger partial charge in [-0.1, -0.05) is 4.80 Å². The fraction of sp³-hybridized carbons (Fsp3) is 0. The van der Waals surface area contributed by atoms with E-state index in [1.165, 1.54) is 12.4 Å². The zero-order valence-electron chi connectivity index (χ0n) is 3.98. The molecule has 8 heavy (non-hydrogen) atoms. The van der Waals surface area contributed by atoms with Crippen molar-refractivity contribution in [3.8, 4) is 0 Å². The largest absolute Gasteiger partial charge is 0.356 e. The quantitative estimate of drug-likeness (QED) is 0.477. The summed E-state index contributed by atoms with van der Waals surface area (Å²) in [6, 6.07) is -0.671. The highest BCUT2D eigenvalue weighted by atomic mass is 16.2. The number of hydrogen-bond donors (Lipinski definition) is 1. The fourth-order valence-corrected chi connectivity index (χ4v) is 0.330. The summed E-state index contributed by atoms with van der Waals surface area (Å²) >= 11 is 0. The number of carbonyl (C=O) groups excluding carboxylic acids is 1. The Hall–Kier alpha value is -1.39. The van der Waals surface area contributed by atoms with Gasteiger partial charge in [0.1, 0.15) is 0 Å². The third kappa shape index (κ3) is 0.651. The van der Waals surface area contributed by atoms with Crippen molar-refractivity contribution in [2.75, 3.05) is 0 Å². The van der Waals surface area contributed by atoms with Crippen molar-refractivity contribution < 1.29 is 4.79 Å². The van der Waals surface area contributed by atoms with Gasteiger partial charge in [-0.15, -0.1) is 0 Å². The first kappa shape index (κ1) is 4.76. The Bertz CT molecular complexity index is 179. The van der Waals surface area contributed by atoms with Crippen LogP contribution >= 0.6 is 0 Å². The predicted molar refractivity (Wildman–Crippen MR) is 25.0 cm³/mol. The van der Waals surface area contributed by atoms with Crippen LogP contribution in [0.1, 0.15) is 0 Å². The van der Waals surface area contributed by atoms with Crippen molar-refractivity contribution in [2.24, 2.45) is 5.73 Å². The molecule has 0 aliphatic heterocycles. The van der Waals surface area contributed by atoms with Crippen LogP contribution in [0.15, 0.2) is 12.4 Å². The Balaban J connectivity index is 2.93. The summed E-state index contributed by atoms with van der Waals surface area (Å²) in [5, 5.41) is 6.89. The summed E-state index contributed by atoms with van der Waals surface area (Å²) in [6.45, 7) is 0. The Morgan fingerprint density at radius 2 is 2.00 bits per heavy atom. The molecule has 5 nitrogen and oxygen atoms in total. The van der Waals surface area contributed by atoms with E-state index in [1.807, 2.05) is 0 Å². The molecule has 0 unspecified atom stereocenters. The van der Waals surface area contributed by atoms with Crippen LogP contribution in [-0.4, -0.2) is 21.0 Å². The molecule has 0 bridgehead atoms. The predicted octanol–water partition coefficient (Wildman–Crippen LogP) is -0.795. The summed E-state index contributed by atoms with van der Waals surface area (Å²) in [7, 11) is 0. The minimum atomic E-state index is -0.671. The molecule has 5 heteroatoms.